The first-order chi connectivity index (χ1) is 13.4. The van der Waals surface area contributed by atoms with E-state index in [0.29, 0.717) is 37.5 Å². The summed E-state index contributed by atoms with van der Waals surface area (Å²) in [5, 5.41) is 2.99. The average Bonchev–Trinajstić information content (AvgIpc) is 3.05. The van der Waals surface area contributed by atoms with Gasteiger partial charge in [-0.3, -0.25) is 14.5 Å². The van der Waals surface area contributed by atoms with Gasteiger partial charge in [-0.25, -0.2) is 0 Å². The van der Waals surface area contributed by atoms with Gasteiger partial charge in [-0.1, -0.05) is 19.1 Å². The summed E-state index contributed by atoms with van der Waals surface area (Å²) in [4.78, 5) is 29.3. The Kier molecular flexibility index (Phi) is 6.19. The van der Waals surface area contributed by atoms with Gasteiger partial charge < -0.3 is 14.6 Å². The second-order valence-electron chi connectivity index (χ2n) is 7.37. The van der Waals surface area contributed by atoms with E-state index in [1.54, 1.807) is 6.07 Å². The lowest BCUT2D eigenvalue weighted by Gasteiger charge is -2.37. The number of furan rings is 1. The number of piperazine rings is 1. The number of amides is 2. The maximum absolute atomic E-state index is 12.7. The maximum atomic E-state index is 12.7. The first-order valence-corrected chi connectivity index (χ1v) is 9.89. The Bertz CT molecular complexity index is 833. The minimum absolute atomic E-state index is 0.00196. The third-order valence-electron chi connectivity index (χ3n) is 5.43. The van der Waals surface area contributed by atoms with E-state index in [9.17, 15) is 9.59 Å². The first kappa shape index (κ1) is 20.1. The van der Waals surface area contributed by atoms with Crippen molar-refractivity contribution in [2.45, 2.75) is 40.2 Å². The average molecular weight is 383 g/mol. The second kappa shape index (κ2) is 8.61. The lowest BCUT2D eigenvalue weighted by atomic mass is 10.1. The molecule has 1 aliphatic rings. The number of nitrogens with one attached hydrogen (secondary N) is 1. The molecule has 1 fully saturated rings. The molecular weight excluding hydrogens is 354 g/mol. The highest BCUT2D eigenvalue weighted by Gasteiger charge is 2.29. The molecule has 6 nitrogen and oxygen atoms in total. The summed E-state index contributed by atoms with van der Waals surface area (Å²) in [5.74, 6) is 1.39. The molecule has 6 heteroatoms. The molecule has 1 aromatic heterocycles. The summed E-state index contributed by atoms with van der Waals surface area (Å²) in [7, 11) is 0. The van der Waals surface area contributed by atoms with Gasteiger partial charge in [0.25, 0.3) is 5.91 Å². The van der Waals surface area contributed by atoms with Crippen molar-refractivity contribution in [1.29, 1.82) is 0 Å². The third kappa shape index (κ3) is 4.44. The van der Waals surface area contributed by atoms with Gasteiger partial charge in [0.2, 0.25) is 5.91 Å². The highest BCUT2D eigenvalue weighted by Crippen LogP contribution is 2.18. The zero-order chi connectivity index (χ0) is 20.3. The fourth-order valence-electron chi connectivity index (χ4n) is 3.56. The number of anilines is 1. The zero-order valence-corrected chi connectivity index (χ0v) is 17.1. The number of hydrogen-bond donors (Lipinski definition) is 1. The molecule has 0 bridgehead atoms. The van der Waals surface area contributed by atoms with Gasteiger partial charge in [0.05, 0.1) is 11.6 Å². The summed E-state index contributed by atoms with van der Waals surface area (Å²) in [5.41, 5.74) is 2.69. The zero-order valence-electron chi connectivity index (χ0n) is 17.1. The highest BCUT2D eigenvalue weighted by atomic mass is 16.3. The predicted molar refractivity (Wildman–Crippen MR) is 110 cm³/mol. The Balaban J connectivity index is 1.54. The molecule has 1 N–H and O–H groups in total. The van der Waals surface area contributed by atoms with Gasteiger partial charge >= 0.3 is 0 Å². The van der Waals surface area contributed by atoms with E-state index < -0.39 is 0 Å². The molecule has 0 spiro atoms. The van der Waals surface area contributed by atoms with Crippen LogP contribution < -0.4 is 5.32 Å². The normalized spacial score (nSPS) is 16.1. The van der Waals surface area contributed by atoms with Crippen molar-refractivity contribution in [1.82, 2.24) is 9.80 Å². The van der Waals surface area contributed by atoms with Crippen molar-refractivity contribution in [2.24, 2.45) is 0 Å². The van der Waals surface area contributed by atoms with E-state index in [1.807, 2.05) is 49.9 Å². The van der Waals surface area contributed by atoms with Crippen molar-refractivity contribution in [3.05, 3.63) is 53.0 Å². The minimum Gasteiger partial charge on any atom is -0.466 e. The number of nitrogens with zero attached hydrogens (tertiary/aromatic N) is 2. The van der Waals surface area contributed by atoms with Crippen LogP contribution in [0.5, 0.6) is 0 Å². The van der Waals surface area contributed by atoms with Gasteiger partial charge in [-0.05, 0) is 51.0 Å². The van der Waals surface area contributed by atoms with E-state index in [-0.39, 0.29) is 17.9 Å². The third-order valence-corrected chi connectivity index (χ3v) is 5.43. The molecule has 1 aliphatic heterocycles. The summed E-state index contributed by atoms with van der Waals surface area (Å²) < 4.78 is 5.48. The number of aryl methyl sites for hydroxylation is 3. The molecule has 28 heavy (non-hydrogen) atoms. The molecule has 1 aromatic carbocycles. The van der Waals surface area contributed by atoms with Crippen LogP contribution in [-0.4, -0.2) is 53.8 Å². The number of hydrogen-bond acceptors (Lipinski definition) is 4. The Morgan fingerprint density at radius 1 is 1.11 bits per heavy atom. The van der Waals surface area contributed by atoms with Crippen LogP contribution in [0.25, 0.3) is 0 Å². The fraction of sp³-hybridized carbons (Fsp3) is 0.455. The number of benzene rings is 1. The van der Waals surface area contributed by atoms with Crippen LogP contribution in [0.15, 0.2) is 34.7 Å². The molecule has 2 heterocycles. The Morgan fingerprint density at radius 2 is 1.75 bits per heavy atom. The van der Waals surface area contributed by atoms with Crippen LogP contribution in [-0.2, 0) is 11.2 Å². The molecule has 2 amide bonds. The van der Waals surface area contributed by atoms with Crippen LogP contribution >= 0.6 is 0 Å². The first-order valence-electron chi connectivity index (χ1n) is 9.89. The Labute approximate surface area is 166 Å². The monoisotopic (exact) mass is 383 g/mol. The Morgan fingerprint density at radius 3 is 2.29 bits per heavy atom. The van der Waals surface area contributed by atoms with Gasteiger partial charge in [-0.15, -0.1) is 0 Å². The highest BCUT2D eigenvalue weighted by molar-refractivity contribution is 5.96. The molecule has 0 saturated carbocycles. The number of carbonyl (C=O) groups excluding carboxylic acids is 2. The van der Waals surface area contributed by atoms with Crippen molar-refractivity contribution in [3.63, 3.8) is 0 Å². The molecule has 0 aliphatic carbocycles. The number of rotatable bonds is 5. The van der Waals surface area contributed by atoms with Crippen molar-refractivity contribution < 1.29 is 14.0 Å². The quantitative estimate of drug-likeness (QED) is 0.861. The maximum Gasteiger partial charge on any atom is 0.257 e. The molecular formula is C22H29N3O3. The van der Waals surface area contributed by atoms with Crippen molar-refractivity contribution >= 4 is 17.5 Å². The SMILES string of the molecule is CCc1ccc(NC(=O)C(C)N2CCN(C(=O)c3cc(C)oc3C)CC2)cc1. The van der Waals surface area contributed by atoms with Crippen LogP contribution in [0, 0.1) is 13.8 Å². The number of carbonyl (C=O) groups is 2. The van der Waals surface area contributed by atoms with Crippen molar-refractivity contribution in [3.8, 4) is 0 Å². The Hall–Kier alpha value is -2.60. The standard InChI is InChI=1S/C22H29N3O3/c1-5-18-6-8-19(9-7-18)23-21(26)16(3)24-10-12-25(13-11-24)22(27)20-14-15(2)28-17(20)4/h6-9,14,16H,5,10-13H2,1-4H3,(H,23,26). The smallest absolute Gasteiger partial charge is 0.257 e. The van der Waals surface area contributed by atoms with Gasteiger partial charge in [0.15, 0.2) is 0 Å². The predicted octanol–water partition coefficient (Wildman–Crippen LogP) is 3.24. The van der Waals surface area contributed by atoms with E-state index in [0.717, 1.165) is 17.9 Å². The van der Waals surface area contributed by atoms with Crippen LogP contribution in [0.4, 0.5) is 5.69 Å². The van der Waals surface area contributed by atoms with Gasteiger partial charge in [0.1, 0.15) is 11.5 Å². The molecule has 150 valence electrons. The fourth-order valence-corrected chi connectivity index (χ4v) is 3.56. The summed E-state index contributed by atoms with van der Waals surface area (Å²) in [6.07, 6.45) is 0.978. The van der Waals surface area contributed by atoms with Crippen LogP contribution in [0.2, 0.25) is 0 Å². The largest absolute Gasteiger partial charge is 0.466 e. The minimum atomic E-state index is -0.249. The lowest BCUT2D eigenvalue weighted by molar-refractivity contribution is -0.121. The summed E-state index contributed by atoms with van der Waals surface area (Å²) in [6, 6.07) is 9.49. The van der Waals surface area contributed by atoms with E-state index in [4.69, 9.17) is 4.42 Å². The van der Waals surface area contributed by atoms with Crippen LogP contribution in [0.1, 0.15) is 41.3 Å². The molecule has 1 saturated heterocycles. The molecule has 1 atom stereocenters. The van der Waals surface area contributed by atoms with Crippen LogP contribution in [0.3, 0.4) is 0 Å². The molecule has 0 radical (unpaired) electrons. The second-order valence-corrected chi connectivity index (χ2v) is 7.37. The molecule has 3 rings (SSSR count). The van der Waals surface area contributed by atoms with Gasteiger partial charge in [0, 0.05) is 31.9 Å². The molecule has 2 aromatic rings. The van der Waals surface area contributed by atoms with Crippen molar-refractivity contribution in [2.75, 3.05) is 31.5 Å². The lowest BCUT2D eigenvalue weighted by Crippen LogP contribution is -2.54. The summed E-state index contributed by atoms with van der Waals surface area (Å²) in [6.45, 7) is 10.2. The van der Waals surface area contributed by atoms with Gasteiger partial charge in [-0.2, -0.15) is 0 Å². The topological polar surface area (TPSA) is 65.8 Å². The van der Waals surface area contributed by atoms with E-state index in [2.05, 4.69) is 17.1 Å². The molecule has 1 unspecified atom stereocenters. The van der Waals surface area contributed by atoms with E-state index >= 15 is 0 Å². The summed E-state index contributed by atoms with van der Waals surface area (Å²) >= 11 is 0. The van der Waals surface area contributed by atoms with E-state index in [1.165, 1.54) is 5.56 Å².